The van der Waals surface area contributed by atoms with E-state index < -0.39 is 0 Å². The average molecular weight is 318 g/mol. The van der Waals surface area contributed by atoms with Gasteiger partial charge in [0.1, 0.15) is 0 Å². The number of hydrogen-bond donors (Lipinski definition) is 2. The normalized spacial score (nSPS) is 11.6. The van der Waals surface area contributed by atoms with Crippen molar-refractivity contribution in [3.8, 4) is 0 Å². The van der Waals surface area contributed by atoms with Gasteiger partial charge in [0.2, 0.25) is 0 Å². The standard InChI is InChI=1S/C16H22N4OS/c1-12-11-22-15(19-12)8-5-9-18-16(17)20-14-7-4-3-6-13(14)10-21-2/h3-4,6-7,11H,5,8-10H2,1-2H3,(H3,17,18,20). The van der Waals surface area contributed by atoms with Gasteiger partial charge < -0.3 is 15.8 Å². The van der Waals surface area contributed by atoms with Gasteiger partial charge in [-0.25, -0.2) is 4.98 Å². The van der Waals surface area contributed by atoms with Gasteiger partial charge in [-0.05, 0) is 19.4 Å². The molecule has 1 aromatic carbocycles. The largest absolute Gasteiger partial charge is 0.380 e. The van der Waals surface area contributed by atoms with E-state index >= 15 is 0 Å². The number of nitrogens with zero attached hydrogens (tertiary/aromatic N) is 2. The molecule has 0 saturated carbocycles. The highest BCUT2D eigenvalue weighted by Gasteiger charge is 2.02. The van der Waals surface area contributed by atoms with Gasteiger partial charge in [0.05, 0.1) is 11.6 Å². The second-order valence-corrected chi connectivity index (χ2v) is 5.91. The van der Waals surface area contributed by atoms with Crippen LogP contribution in [0.3, 0.4) is 0 Å². The molecule has 3 N–H and O–H groups in total. The summed E-state index contributed by atoms with van der Waals surface area (Å²) in [7, 11) is 1.68. The number of aliphatic imine (C=N–C) groups is 1. The minimum atomic E-state index is 0.430. The minimum Gasteiger partial charge on any atom is -0.380 e. The lowest BCUT2D eigenvalue weighted by atomic mass is 10.2. The number of para-hydroxylation sites is 1. The third kappa shape index (κ3) is 5.13. The van der Waals surface area contributed by atoms with E-state index in [0.29, 0.717) is 19.1 Å². The van der Waals surface area contributed by atoms with E-state index in [1.54, 1.807) is 18.4 Å². The Labute approximate surface area is 135 Å². The molecule has 0 saturated heterocycles. The van der Waals surface area contributed by atoms with Crippen LogP contribution >= 0.6 is 11.3 Å². The summed E-state index contributed by atoms with van der Waals surface area (Å²) >= 11 is 1.70. The number of guanidine groups is 1. The van der Waals surface area contributed by atoms with Gasteiger partial charge in [-0.3, -0.25) is 4.99 Å². The zero-order valence-electron chi connectivity index (χ0n) is 13.0. The SMILES string of the molecule is COCc1ccccc1NC(N)=NCCCc1nc(C)cs1. The second-order valence-electron chi connectivity index (χ2n) is 4.97. The number of benzene rings is 1. The van der Waals surface area contributed by atoms with Crippen molar-refractivity contribution in [2.24, 2.45) is 10.7 Å². The summed E-state index contributed by atoms with van der Waals surface area (Å²) in [4.78, 5) is 8.80. The molecule has 22 heavy (non-hydrogen) atoms. The maximum atomic E-state index is 5.94. The van der Waals surface area contributed by atoms with E-state index in [4.69, 9.17) is 10.5 Å². The summed E-state index contributed by atoms with van der Waals surface area (Å²) in [6.07, 6.45) is 1.88. The Morgan fingerprint density at radius 2 is 2.23 bits per heavy atom. The fourth-order valence-corrected chi connectivity index (χ4v) is 2.87. The van der Waals surface area contributed by atoms with Gasteiger partial charge in [0.15, 0.2) is 5.96 Å². The van der Waals surface area contributed by atoms with Gasteiger partial charge in [-0.1, -0.05) is 18.2 Å². The summed E-state index contributed by atoms with van der Waals surface area (Å²) in [5, 5.41) is 6.36. The minimum absolute atomic E-state index is 0.430. The molecule has 0 amide bonds. The van der Waals surface area contributed by atoms with Gasteiger partial charge >= 0.3 is 0 Å². The molecule has 0 fully saturated rings. The molecule has 0 bridgehead atoms. The zero-order chi connectivity index (χ0) is 15.8. The molecule has 2 aromatic rings. The highest BCUT2D eigenvalue weighted by molar-refractivity contribution is 7.09. The van der Waals surface area contributed by atoms with Crippen LogP contribution in [0.25, 0.3) is 0 Å². The molecule has 118 valence electrons. The van der Waals surface area contributed by atoms with E-state index in [0.717, 1.165) is 34.8 Å². The van der Waals surface area contributed by atoms with Gasteiger partial charge in [-0.15, -0.1) is 11.3 Å². The number of nitrogens with two attached hydrogens (primary N) is 1. The highest BCUT2D eigenvalue weighted by atomic mass is 32.1. The lowest BCUT2D eigenvalue weighted by Crippen LogP contribution is -2.23. The Bertz CT molecular complexity index is 624. The molecular weight excluding hydrogens is 296 g/mol. The third-order valence-corrected chi connectivity index (χ3v) is 4.10. The van der Waals surface area contributed by atoms with Crippen LogP contribution < -0.4 is 11.1 Å². The summed E-state index contributed by atoms with van der Waals surface area (Å²) < 4.78 is 5.17. The predicted molar refractivity (Wildman–Crippen MR) is 92.4 cm³/mol. The first-order valence-corrected chi connectivity index (χ1v) is 8.12. The third-order valence-electron chi connectivity index (χ3n) is 3.08. The van der Waals surface area contributed by atoms with E-state index in [1.165, 1.54) is 0 Å². The van der Waals surface area contributed by atoms with Crippen molar-refractivity contribution in [1.29, 1.82) is 0 Å². The summed E-state index contributed by atoms with van der Waals surface area (Å²) in [5.41, 5.74) is 9.01. The Balaban J connectivity index is 1.82. The maximum Gasteiger partial charge on any atom is 0.193 e. The molecule has 0 aliphatic rings. The van der Waals surface area contributed by atoms with Gasteiger partial charge in [-0.2, -0.15) is 0 Å². The number of hydrogen-bond acceptors (Lipinski definition) is 4. The molecule has 0 spiro atoms. The molecule has 0 radical (unpaired) electrons. The summed E-state index contributed by atoms with van der Waals surface area (Å²) in [6, 6.07) is 7.90. The van der Waals surface area contributed by atoms with Crippen molar-refractivity contribution in [3.63, 3.8) is 0 Å². The fourth-order valence-electron chi connectivity index (χ4n) is 2.05. The average Bonchev–Trinajstić information content (AvgIpc) is 2.92. The number of methoxy groups -OCH3 is 1. The van der Waals surface area contributed by atoms with Crippen LogP contribution in [0.5, 0.6) is 0 Å². The maximum absolute atomic E-state index is 5.94. The number of aromatic nitrogens is 1. The highest BCUT2D eigenvalue weighted by Crippen LogP contribution is 2.15. The molecule has 0 atom stereocenters. The quantitative estimate of drug-likeness (QED) is 0.468. The van der Waals surface area contributed by atoms with Gasteiger partial charge in [0, 0.05) is 42.4 Å². The lowest BCUT2D eigenvalue weighted by molar-refractivity contribution is 0.185. The van der Waals surface area contributed by atoms with E-state index in [1.807, 2.05) is 31.2 Å². The van der Waals surface area contributed by atoms with Crippen LogP contribution in [0.2, 0.25) is 0 Å². The van der Waals surface area contributed by atoms with Crippen LogP contribution in [-0.4, -0.2) is 24.6 Å². The van der Waals surface area contributed by atoms with E-state index in [2.05, 4.69) is 20.7 Å². The number of thiazole rings is 1. The number of aryl methyl sites for hydroxylation is 2. The Morgan fingerprint density at radius 1 is 1.41 bits per heavy atom. The van der Waals surface area contributed by atoms with Crippen LogP contribution in [0, 0.1) is 6.92 Å². The van der Waals surface area contributed by atoms with Crippen LogP contribution in [0.15, 0.2) is 34.6 Å². The van der Waals surface area contributed by atoms with Crippen molar-refractivity contribution in [3.05, 3.63) is 45.9 Å². The van der Waals surface area contributed by atoms with E-state index in [9.17, 15) is 0 Å². The molecule has 0 aliphatic heterocycles. The summed E-state index contributed by atoms with van der Waals surface area (Å²) in [6.45, 7) is 3.24. The van der Waals surface area contributed by atoms with E-state index in [-0.39, 0.29) is 0 Å². The molecule has 1 aromatic heterocycles. The first kappa shape index (κ1) is 16.5. The van der Waals surface area contributed by atoms with Crippen LogP contribution in [0.1, 0.15) is 22.7 Å². The zero-order valence-corrected chi connectivity index (χ0v) is 13.8. The van der Waals surface area contributed by atoms with Crippen molar-refractivity contribution in [2.45, 2.75) is 26.4 Å². The molecule has 5 nitrogen and oxygen atoms in total. The van der Waals surface area contributed by atoms with Crippen molar-refractivity contribution >= 4 is 23.0 Å². The van der Waals surface area contributed by atoms with Crippen LogP contribution in [-0.2, 0) is 17.8 Å². The second kappa shape index (κ2) is 8.51. The molecular formula is C16H22N4OS. The molecule has 1 heterocycles. The Morgan fingerprint density at radius 3 is 2.95 bits per heavy atom. The monoisotopic (exact) mass is 318 g/mol. The smallest absolute Gasteiger partial charge is 0.193 e. The number of rotatable bonds is 7. The molecule has 2 rings (SSSR count). The number of nitrogens with one attached hydrogen (secondary N) is 1. The fraction of sp³-hybridized carbons (Fsp3) is 0.375. The number of anilines is 1. The topological polar surface area (TPSA) is 72.5 Å². The summed E-state index contributed by atoms with van der Waals surface area (Å²) in [5.74, 6) is 0.430. The first-order valence-electron chi connectivity index (χ1n) is 7.24. The molecule has 6 heteroatoms. The predicted octanol–water partition coefficient (Wildman–Crippen LogP) is 2.96. The molecule has 0 aliphatic carbocycles. The first-order chi connectivity index (χ1) is 10.7. The van der Waals surface area contributed by atoms with Crippen molar-refractivity contribution in [1.82, 2.24) is 4.98 Å². The van der Waals surface area contributed by atoms with Crippen molar-refractivity contribution < 1.29 is 4.74 Å². The van der Waals surface area contributed by atoms with Crippen LogP contribution in [0.4, 0.5) is 5.69 Å². The number of ether oxygens (including phenoxy) is 1. The Hall–Kier alpha value is -1.92. The van der Waals surface area contributed by atoms with Crippen molar-refractivity contribution in [2.75, 3.05) is 19.0 Å². The lowest BCUT2D eigenvalue weighted by Gasteiger charge is -2.10. The Kier molecular flexibility index (Phi) is 6.36. The van der Waals surface area contributed by atoms with Gasteiger partial charge in [0.25, 0.3) is 0 Å². The molecule has 0 unspecified atom stereocenters.